The van der Waals surface area contributed by atoms with Crippen LogP contribution < -0.4 is 5.32 Å². The van der Waals surface area contributed by atoms with Gasteiger partial charge in [-0.15, -0.1) is 11.3 Å². The number of para-hydroxylation sites is 1. The summed E-state index contributed by atoms with van der Waals surface area (Å²) in [5, 5.41) is 5.62. The van der Waals surface area contributed by atoms with Gasteiger partial charge in [0, 0.05) is 21.7 Å². The molecule has 5 nitrogen and oxygen atoms in total. The van der Waals surface area contributed by atoms with Gasteiger partial charge in [-0.2, -0.15) is 0 Å². The number of amides is 1. The number of nitrogens with zero attached hydrogens (tertiary/aromatic N) is 1. The van der Waals surface area contributed by atoms with Crippen molar-refractivity contribution in [2.45, 2.75) is 6.92 Å². The van der Waals surface area contributed by atoms with Crippen molar-refractivity contribution in [1.29, 1.82) is 0 Å². The second-order valence-electron chi connectivity index (χ2n) is 5.48. The van der Waals surface area contributed by atoms with E-state index in [2.05, 4.69) is 10.3 Å². The first-order chi connectivity index (χ1) is 12.5. The zero-order valence-electron chi connectivity index (χ0n) is 13.9. The van der Waals surface area contributed by atoms with Crippen molar-refractivity contribution in [3.63, 3.8) is 0 Å². The predicted octanol–water partition coefficient (Wildman–Crippen LogP) is 4.57. The van der Waals surface area contributed by atoms with E-state index < -0.39 is 11.9 Å². The lowest BCUT2D eigenvalue weighted by molar-refractivity contribution is -0.119. The van der Waals surface area contributed by atoms with Gasteiger partial charge in [0.1, 0.15) is 5.01 Å². The van der Waals surface area contributed by atoms with Crippen molar-refractivity contribution in [1.82, 2.24) is 4.98 Å². The second-order valence-corrected chi connectivity index (χ2v) is 6.78. The van der Waals surface area contributed by atoms with Crippen LogP contribution in [0.2, 0.25) is 5.02 Å². The van der Waals surface area contributed by atoms with Crippen molar-refractivity contribution in [2.75, 3.05) is 11.9 Å². The Labute approximate surface area is 159 Å². The molecule has 2 aromatic carbocycles. The molecule has 1 N–H and O–H groups in total. The van der Waals surface area contributed by atoms with E-state index in [9.17, 15) is 9.59 Å². The van der Waals surface area contributed by atoms with E-state index in [1.807, 2.05) is 37.3 Å². The second kappa shape index (κ2) is 8.12. The van der Waals surface area contributed by atoms with Gasteiger partial charge in [-0.25, -0.2) is 9.78 Å². The highest BCUT2D eigenvalue weighted by atomic mass is 35.5. The number of carbonyl (C=O) groups excluding carboxylic acids is 2. The fourth-order valence-corrected chi connectivity index (χ4v) is 3.12. The molecule has 1 aromatic heterocycles. The molecular formula is C19H15ClN2O3S. The first kappa shape index (κ1) is 18.1. The Morgan fingerprint density at radius 2 is 1.88 bits per heavy atom. The summed E-state index contributed by atoms with van der Waals surface area (Å²) in [6.07, 6.45) is 0. The van der Waals surface area contributed by atoms with E-state index in [0.717, 1.165) is 11.1 Å². The van der Waals surface area contributed by atoms with Crippen LogP contribution in [0.5, 0.6) is 0 Å². The molecule has 7 heteroatoms. The van der Waals surface area contributed by atoms with E-state index in [1.165, 1.54) is 11.3 Å². The van der Waals surface area contributed by atoms with Gasteiger partial charge in [0.2, 0.25) is 0 Å². The highest BCUT2D eigenvalue weighted by Gasteiger charge is 2.15. The fraction of sp³-hybridized carbons (Fsp3) is 0.105. The van der Waals surface area contributed by atoms with Crippen molar-refractivity contribution < 1.29 is 14.3 Å². The van der Waals surface area contributed by atoms with Crippen molar-refractivity contribution in [3.05, 3.63) is 70.2 Å². The Hall–Kier alpha value is -2.70. The van der Waals surface area contributed by atoms with E-state index in [0.29, 0.717) is 15.7 Å². The van der Waals surface area contributed by atoms with Gasteiger partial charge in [-0.1, -0.05) is 41.9 Å². The molecule has 0 saturated carbocycles. The number of esters is 1. The molecule has 0 unspecified atom stereocenters. The maximum atomic E-state index is 12.1. The molecule has 0 aliphatic heterocycles. The minimum absolute atomic E-state index is 0.170. The third-order valence-corrected chi connectivity index (χ3v) is 4.70. The zero-order chi connectivity index (χ0) is 18.5. The number of anilines is 1. The molecule has 0 radical (unpaired) electrons. The highest BCUT2D eigenvalue weighted by Crippen LogP contribution is 2.25. The maximum absolute atomic E-state index is 12.1. The molecule has 132 valence electrons. The summed E-state index contributed by atoms with van der Waals surface area (Å²) in [4.78, 5) is 28.3. The Morgan fingerprint density at radius 1 is 1.15 bits per heavy atom. The Kier molecular flexibility index (Phi) is 5.65. The largest absolute Gasteiger partial charge is 0.451 e. The number of hydrogen-bond acceptors (Lipinski definition) is 5. The number of hydrogen-bond donors (Lipinski definition) is 1. The minimum Gasteiger partial charge on any atom is -0.451 e. The monoisotopic (exact) mass is 386 g/mol. The Balaban J connectivity index is 1.58. The quantitative estimate of drug-likeness (QED) is 0.652. The lowest BCUT2D eigenvalue weighted by atomic mass is 10.2. The molecule has 0 atom stereocenters. The molecule has 0 aliphatic rings. The molecule has 1 amide bonds. The van der Waals surface area contributed by atoms with Gasteiger partial charge in [-0.05, 0) is 30.7 Å². The van der Waals surface area contributed by atoms with Crippen LogP contribution in [0, 0.1) is 6.92 Å². The van der Waals surface area contributed by atoms with Crippen LogP contribution in [0.15, 0.2) is 53.9 Å². The number of rotatable bonds is 5. The molecular weight excluding hydrogens is 372 g/mol. The number of carbonyl (C=O) groups is 2. The maximum Gasteiger partial charge on any atom is 0.358 e. The molecule has 3 rings (SSSR count). The van der Waals surface area contributed by atoms with E-state index in [4.69, 9.17) is 16.3 Å². The average molecular weight is 387 g/mol. The summed E-state index contributed by atoms with van der Waals surface area (Å²) < 4.78 is 5.04. The summed E-state index contributed by atoms with van der Waals surface area (Å²) >= 11 is 7.18. The normalized spacial score (nSPS) is 10.4. The van der Waals surface area contributed by atoms with Crippen LogP contribution in [0.4, 0.5) is 5.69 Å². The molecule has 3 aromatic rings. The third kappa shape index (κ3) is 4.47. The lowest BCUT2D eigenvalue weighted by Gasteiger charge is -2.08. The lowest BCUT2D eigenvalue weighted by Crippen LogP contribution is -2.21. The standard InChI is InChI=1S/C19H15ClN2O3S/c1-12-4-2-3-5-15(12)21-17(23)10-25-19(24)16-11-26-18(22-16)13-6-8-14(20)9-7-13/h2-9,11H,10H2,1H3,(H,21,23). The molecule has 0 fully saturated rings. The summed E-state index contributed by atoms with van der Waals surface area (Å²) in [6, 6.07) is 14.5. The highest BCUT2D eigenvalue weighted by molar-refractivity contribution is 7.13. The van der Waals surface area contributed by atoms with Crippen LogP contribution in [0.25, 0.3) is 10.6 Å². The SMILES string of the molecule is Cc1ccccc1NC(=O)COC(=O)c1csc(-c2ccc(Cl)cc2)n1. The molecule has 0 spiro atoms. The Morgan fingerprint density at radius 3 is 2.62 bits per heavy atom. The summed E-state index contributed by atoms with van der Waals surface area (Å²) in [7, 11) is 0. The van der Waals surface area contributed by atoms with Gasteiger partial charge >= 0.3 is 5.97 Å². The van der Waals surface area contributed by atoms with E-state index >= 15 is 0 Å². The molecule has 0 bridgehead atoms. The molecule has 26 heavy (non-hydrogen) atoms. The van der Waals surface area contributed by atoms with Gasteiger partial charge in [0.25, 0.3) is 5.91 Å². The first-order valence-corrected chi connectivity index (χ1v) is 9.03. The fourth-order valence-electron chi connectivity index (χ4n) is 2.20. The van der Waals surface area contributed by atoms with Crippen LogP contribution >= 0.6 is 22.9 Å². The number of halogens is 1. The number of thiazole rings is 1. The summed E-state index contributed by atoms with van der Waals surface area (Å²) in [5.74, 6) is -1.04. The number of nitrogens with one attached hydrogen (secondary N) is 1. The van der Waals surface area contributed by atoms with Crippen molar-refractivity contribution in [2.24, 2.45) is 0 Å². The predicted molar refractivity (Wildman–Crippen MR) is 103 cm³/mol. The van der Waals surface area contributed by atoms with E-state index in [1.54, 1.807) is 23.6 Å². The first-order valence-electron chi connectivity index (χ1n) is 7.77. The van der Waals surface area contributed by atoms with Gasteiger partial charge in [0.15, 0.2) is 12.3 Å². The topological polar surface area (TPSA) is 68.3 Å². The summed E-state index contributed by atoms with van der Waals surface area (Å²) in [5.41, 5.74) is 2.64. The van der Waals surface area contributed by atoms with Crippen LogP contribution in [-0.2, 0) is 9.53 Å². The van der Waals surface area contributed by atoms with E-state index in [-0.39, 0.29) is 12.3 Å². The number of aryl methyl sites for hydroxylation is 1. The number of aromatic nitrogens is 1. The zero-order valence-corrected chi connectivity index (χ0v) is 15.4. The van der Waals surface area contributed by atoms with Gasteiger partial charge < -0.3 is 10.1 Å². The van der Waals surface area contributed by atoms with Crippen molar-refractivity contribution >= 4 is 40.5 Å². The van der Waals surface area contributed by atoms with Crippen LogP contribution in [0.1, 0.15) is 16.1 Å². The van der Waals surface area contributed by atoms with Crippen LogP contribution in [-0.4, -0.2) is 23.5 Å². The average Bonchev–Trinajstić information content (AvgIpc) is 3.12. The smallest absolute Gasteiger partial charge is 0.358 e. The summed E-state index contributed by atoms with van der Waals surface area (Å²) in [6.45, 7) is 1.51. The molecule has 1 heterocycles. The third-order valence-electron chi connectivity index (χ3n) is 3.56. The number of benzene rings is 2. The minimum atomic E-state index is -0.638. The molecule has 0 saturated heterocycles. The Bertz CT molecular complexity index is 938. The van der Waals surface area contributed by atoms with Gasteiger partial charge in [-0.3, -0.25) is 4.79 Å². The van der Waals surface area contributed by atoms with Crippen molar-refractivity contribution in [3.8, 4) is 10.6 Å². The molecule has 0 aliphatic carbocycles. The number of ether oxygens (including phenoxy) is 1. The van der Waals surface area contributed by atoms with Gasteiger partial charge in [0.05, 0.1) is 0 Å². The van der Waals surface area contributed by atoms with Crippen LogP contribution in [0.3, 0.4) is 0 Å².